The number of ketones is 1. The third kappa shape index (κ3) is 9.71. The van der Waals surface area contributed by atoms with Gasteiger partial charge in [-0.05, 0) is 61.8 Å². The topological polar surface area (TPSA) is 40.5 Å². The molecule has 0 heterocycles. The van der Waals surface area contributed by atoms with Crippen LogP contribution >= 0.6 is 0 Å². The van der Waals surface area contributed by atoms with Crippen LogP contribution in [-0.4, -0.2) is 34.9 Å². The summed E-state index contributed by atoms with van der Waals surface area (Å²) in [6.45, 7) is 35.8. The second-order valence-electron chi connectivity index (χ2n) is 15.3. The lowest BCUT2D eigenvalue weighted by molar-refractivity contribution is -0.127. The van der Waals surface area contributed by atoms with Gasteiger partial charge in [-0.15, -0.1) is 0 Å². The molecule has 0 rings (SSSR count). The van der Waals surface area contributed by atoms with Crippen molar-refractivity contribution in [3.05, 3.63) is 24.5 Å². The summed E-state index contributed by atoms with van der Waals surface area (Å²) in [5.74, 6) is 1.45. The Kier molecular flexibility index (Phi) is 11.6. The van der Waals surface area contributed by atoms with Gasteiger partial charge in [-0.25, -0.2) is 0 Å². The van der Waals surface area contributed by atoms with E-state index in [1.807, 2.05) is 13.8 Å². The van der Waals surface area contributed by atoms with E-state index in [0.29, 0.717) is 11.8 Å². The van der Waals surface area contributed by atoms with Crippen molar-refractivity contribution in [1.82, 2.24) is 4.90 Å². The minimum Gasteiger partial charge on any atom is -0.512 e. The van der Waals surface area contributed by atoms with Crippen LogP contribution in [0.2, 0.25) is 0 Å². The van der Waals surface area contributed by atoms with E-state index in [1.165, 1.54) is 0 Å². The zero-order chi connectivity index (χ0) is 28.2. The van der Waals surface area contributed by atoms with E-state index >= 15 is 0 Å². The van der Waals surface area contributed by atoms with Crippen molar-refractivity contribution in [2.75, 3.05) is 13.6 Å². The van der Waals surface area contributed by atoms with Crippen LogP contribution in [0.1, 0.15) is 116 Å². The number of rotatable bonds is 13. The summed E-state index contributed by atoms with van der Waals surface area (Å²) in [7, 11) is 2.30. The van der Waals surface area contributed by atoms with Crippen molar-refractivity contribution in [2.24, 2.45) is 39.4 Å². The summed E-state index contributed by atoms with van der Waals surface area (Å²) in [6.07, 6.45) is 7.29. The van der Waals surface area contributed by atoms with Gasteiger partial charge in [0.2, 0.25) is 0 Å². The second kappa shape index (κ2) is 12.0. The van der Waals surface area contributed by atoms with E-state index in [9.17, 15) is 9.90 Å². The van der Waals surface area contributed by atoms with Gasteiger partial charge >= 0.3 is 0 Å². The number of Topliss-reactive ketones (excluding diaryl/α,β-unsaturated/α-hetero) is 1. The fourth-order valence-corrected chi connectivity index (χ4v) is 6.33. The Morgan fingerprint density at radius 2 is 1.31 bits per heavy atom. The van der Waals surface area contributed by atoms with Crippen LogP contribution in [0.3, 0.4) is 0 Å². The Morgan fingerprint density at radius 1 is 0.857 bits per heavy atom. The minimum absolute atomic E-state index is 0.135. The molecule has 0 amide bonds. The van der Waals surface area contributed by atoms with E-state index in [0.717, 1.165) is 25.8 Å². The minimum atomic E-state index is -0.366. The molecule has 0 aliphatic heterocycles. The summed E-state index contributed by atoms with van der Waals surface area (Å²) in [4.78, 5) is 15.2. The van der Waals surface area contributed by atoms with E-state index in [1.54, 1.807) is 6.92 Å². The van der Waals surface area contributed by atoms with Gasteiger partial charge in [0, 0.05) is 22.9 Å². The van der Waals surface area contributed by atoms with Crippen LogP contribution in [0.4, 0.5) is 0 Å². The first-order valence-electron chi connectivity index (χ1n) is 13.7. The van der Waals surface area contributed by atoms with Crippen molar-refractivity contribution in [3.63, 3.8) is 0 Å². The Hall–Kier alpha value is -1.09. The fraction of sp³-hybridized carbons (Fsp3) is 0.844. The molecule has 3 nitrogen and oxygen atoms in total. The highest BCUT2D eigenvalue weighted by Gasteiger charge is 2.50. The first-order chi connectivity index (χ1) is 15.4. The molecular formula is C32H61NO2. The number of nitrogens with zero attached hydrogens (tertiary/aromatic N) is 1. The molecule has 4 unspecified atom stereocenters. The molecule has 0 aliphatic rings. The molecule has 0 aromatic rings. The standard InChI is InChI=1S/C32H61NO2/c1-23(18-17-19-30(12,13)26(4)34)32(24(2)20-28(6,7)8,33(16)22-29(9,10)11)25(3)21-31(14,15)27(5)35/h17-18,23-25,34H,4,19-22H2,1-3,5-16H3. The van der Waals surface area contributed by atoms with E-state index in [2.05, 4.69) is 107 Å². The summed E-state index contributed by atoms with van der Waals surface area (Å²) >= 11 is 0. The van der Waals surface area contributed by atoms with Crippen LogP contribution in [0.15, 0.2) is 24.5 Å². The van der Waals surface area contributed by atoms with Crippen molar-refractivity contribution < 1.29 is 9.90 Å². The molecule has 3 heteroatoms. The molecule has 0 saturated carbocycles. The van der Waals surface area contributed by atoms with E-state index in [-0.39, 0.29) is 44.7 Å². The molecule has 4 atom stereocenters. The number of carbonyl (C=O) groups is 1. The normalized spacial score (nSPS) is 18.4. The molecule has 0 aromatic carbocycles. The van der Waals surface area contributed by atoms with Gasteiger partial charge in [-0.3, -0.25) is 9.69 Å². The lowest BCUT2D eigenvalue weighted by atomic mass is 9.59. The molecule has 206 valence electrons. The number of hydrogen-bond acceptors (Lipinski definition) is 3. The van der Waals surface area contributed by atoms with Gasteiger partial charge in [0.25, 0.3) is 0 Å². The first kappa shape index (κ1) is 33.9. The average Bonchev–Trinajstić information content (AvgIpc) is 2.58. The molecule has 0 aromatic heterocycles. The predicted molar refractivity (Wildman–Crippen MR) is 155 cm³/mol. The summed E-state index contributed by atoms with van der Waals surface area (Å²) in [6, 6.07) is 0. The molecule has 0 radical (unpaired) electrons. The quantitative estimate of drug-likeness (QED) is 0.206. The maximum atomic E-state index is 12.6. The molecule has 0 saturated heterocycles. The molecule has 0 spiro atoms. The third-order valence-corrected chi connectivity index (χ3v) is 8.20. The highest BCUT2D eigenvalue weighted by atomic mass is 16.3. The Labute approximate surface area is 219 Å². The second-order valence-corrected chi connectivity index (χ2v) is 15.3. The lowest BCUT2D eigenvalue weighted by Gasteiger charge is -2.57. The number of carbonyl (C=O) groups excluding carboxylic acids is 1. The molecule has 35 heavy (non-hydrogen) atoms. The maximum absolute atomic E-state index is 12.6. The Balaban J connectivity index is 6.83. The molecule has 0 fully saturated rings. The highest BCUT2D eigenvalue weighted by molar-refractivity contribution is 5.81. The van der Waals surface area contributed by atoms with E-state index in [4.69, 9.17) is 0 Å². The number of aliphatic hydroxyl groups is 1. The predicted octanol–water partition coefficient (Wildman–Crippen LogP) is 9.10. The molecule has 0 aliphatic carbocycles. The van der Waals surface area contributed by atoms with Crippen LogP contribution in [0, 0.1) is 39.4 Å². The van der Waals surface area contributed by atoms with Crippen molar-refractivity contribution >= 4 is 5.78 Å². The van der Waals surface area contributed by atoms with Gasteiger partial charge in [-0.1, -0.05) is 109 Å². The van der Waals surface area contributed by atoms with E-state index < -0.39 is 0 Å². The van der Waals surface area contributed by atoms with Gasteiger partial charge in [-0.2, -0.15) is 0 Å². The Morgan fingerprint density at radius 3 is 1.69 bits per heavy atom. The smallest absolute Gasteiger partial charge is 0.135 e. The van der Waals surface area contributed by atoms with Crippen LogP contribution in [0.25, 0.3) is 0 Å². The van der Waals surface area contributed by atoms with Gasteiger partial charge in [0.1, 0.15) is 5.78 Å². The monoisotopic (exact) mass is 491 g/mol. The third-order valence-electron chi connectivity index (χ3n) is 8.20. The van der Waals surface area contributed by atoms with Crippen molar-refractivity contribution in [2.45, 2.75) is 122 Å². The van der Waals surface area contributed by atoms with Gasteiger partial charge < -0.3 is 5.11 Å². The summed E-state index contributed by atoms with van der Waals surface area (Å²) in [5, 5.41) is 10.0. The highest BCUT2D eigenvalue weighted by Crippen LogP contribution is 2.48. The maximum Gasteiger partial charge on any atom is 0.135 e. The van der Waals surface area contributed by atoms with Crippen molar-refractivity contribution in [3.8, 4) is 0 Å². The fourth-order valence-electron chi connectivity index (χ4n) is 6.33. The lowest BCUT2D eigenvalue weighted by Crippen LogP contribution is -2.62. The van der Waals surface area contributed by atoms with Crippen molar-refractivity contribution in [1.29, 1.82) is 0 Å². The number of aliphatic hydroxyl groups excluding tert-OH is 1. The Bertz CT molecular complexity index is 708. The molecule has 1 N–H and O–H groups in total. The van der Waals surface area contributed by atoms with Crippen LogP contribution < -0.4 is 0 Å². The SMILES string of the molecule is C=C(O)C(C)(C)CC=CC(C)C(C(C)CC(C)(C)C)(C(C)CC(C)(C)C(C)=O)N(C)CC(C)(C)C. The first-order valence-corrected chi connectivity index (χ1v) is 13.7. The molecule has 0 bridgehead atoms. The molecular weight excluding hydrogens is 430 g/mol. The largest absolute Gasteiger partial charge is 0.512 e. The number of allylic oxidation sites excluding steroid dienone is 2. The zero-order valence-corrected chi connectivity index (χ0v) is 26.2. The van der Waals surface area contributed by atoms with Crippen LogP contribution in [-0.2, 0) is 4.79 Å². The summed E-state index contributed by atoms with van der Waals surface area (Å²) in [5.41, 5.74) is -0.505. The van der Waals surface area contributed by atoms with Gasteiger partial charge in [0.15, 0.2) is 0 Å². The number of hydrogen-bond donors (Lipinski definition) is 1. The van der Waals surface area contributed by atoms with Crippen LogP contribution in [0.5, 0.6) is 0 Å². The zero-order valence-electron chi connectivity index (χ0n) is 26.2. The van der Waals surface area contributed by atoms with Gasteiger partial charge in [0.05, 0.1) is 5.76 Å². The average molecular weight is 492 g/mol. The summed E-state index contributed by atoms with van der Waals surface area (Å²) < 4.78 is 0.